The van der Waals surface area contributed by atoms with Gasteiger partial charge in [0.25, 0.3) is 5.91 Å². The maximum atomic E-state index is 12.7. The van der Waals surface area contributed by atoms with E-state index in [0.29, 0.717) is 0 Å². The highest BCUT2D eigenvalue weighted by atomic mass is 35.5. The van der Waals surface area contributed by atoms with Gasteiger partial charge in [0, 0.05) is 10.6 Å². The molecule has 2 aromatic rings. The zero-order chi connectivity index (χ0) is 17.9. The Morgan fingerprint density at radius 1 is 1.12 bits per heavy atom. The van der Waals surface area contributed by atoms with Gasteiger partial charge in [-0.2, -0.15) is 13.2 Å². The zero-order valence-corrected chi connectivity index (χ0v) is 12.8. The summed E-state index contributed by atoms with van der Waals surface area (Å²) in [6.07, 6.45) is -4.55. The number of Topliss-reactive ketones (excluding diaryl/α,β-unsaturated/α-hetero) is 1. The minimum absolute atomic E-state index is 0.0206. The number of carbonyl (C=O) groups excluding carboxylic acids is 2. The summed E-state index contributed by atoms with van der Waals surface area (Å²) in [5.74, 6) is -1.46. The smallest absolute Gasteiger partial charge is 0.416 e. The van der Waals surface area contributed by atoms with E-state index < -0.39 is 30.0 Å². The molecule has 0 atom stereocenters. The second kappa shape index (κ2) is 6.92. The van der Waals surface area contributed by atoms with Crippen molar-refractivity contribution >= 4 is 23.3 Å². The number of benzene rings is 2. The number of ketones is 1. The molecule has 4 nitrogen and oxygen atoms in total. The Labute approximate surface area is 140 Å². The Hall–Kier alpha value is -2.54. The van der Waals surface area contributed by atoms with Crippen molar-refractivity contribution in [3.63, 3.8) is 0 Å². The van der Waals surface area contributed by atoms with Crippen molar-refractivity contribution < 1.29 is 27.5 Å². The molecule has 0 saturated carbocycles. The van der Waals surface area contributed by atoms with Crippen LogP contribution in [-0.2, 0) is 6.18 Å². The van der Waals surface area contributed by atoms with Gasteiger partial charge in [-0.3, -0.25) is 9.59 Å². The first kappa shape index (κ1) is 17.8. The molecule has 0 aliphatic heterocycles. The van der Waals surface area contributed by atoms with E-state index in [1.54, 1.807) is 0 Å². The lowest BCUT2D eigenvalue weighted by Crippen LogP contribution is -2.17. The number of primary amides is 1. The van der Waals surface area contributed by atoms with E-state index in [9.17, 15) is 22.8 Å². The summed E-state index contributed by atoms with van der Waals surface area (Å²) in [4.78, 5) is 23.3. The second-order valence-electron chi connectivity index (χ2n) is 4.80. The number of carbonyl (C=O) groups is 2. The van der Waals surface area contributed by atoms with Gasteiger partial charge in [0.2, 0.25) is 0 Å². The fourth-order valence-corrected chi connectivity index (χ4v) is 2.09. The van der Waals surface area contributed by atoms with E-state index in [1.807, 2.05) is 0 Å². The zero-order valence-electron chi connectivity index (χ0n) is 12.1. The molecule has 0 bridgehead atoms. The highest BCUT2D eigenvalue weighted by Gasteiger charge is 2.30. The Balaban J connectivity index is 2.16. The minimum atomic E-state index is -4.55. The summed E-state index contributed by atoms with van der Waals surface area (Å²) >= 11 is 5.74. The SMILES string of the molecule is NC(=O)c1cc(Cl)ccc1OCC(=O)c1cccc(C(F)(F)F)c1. The quantitative estimate of drug-likeness (QED) is 0.829. The molecule has 0 aliphatic rings. The fraction of sp³-hybridized carbons (Fsp3) is 0.125. The third-order valence-electron chi connectivity index (χ3n) is 3.08. The molecule has 0 fully saturated rings. The number of alkyl halides is 3. The number of hydrogen-bond acceptors (Lipinski definition) is 3. The highest BCUT2D eigenvalue weighted by Crippen LogP contribution is 2.29. The number of halogens is 4. The molecule has 2 aromatic carbocycles. The molecule has 2 rings (SSSR count). The van der Waals surface area contributed by atoms with Crippen LogP contribution in [0.5, 0.6) is 5.75 Å². The van der Waals surface area contributed by atoms with Crippen LogP contribution in [0, 0.1) is 0 Å². The van der Waals surface area contributed by atoms with Crippen molar-refractivity contribution in [2.24, 2.45) is 5.73 Å². The van der Waals surface area contributed by atoms with Crippen LogP contribution in [0.4, 0.5) is 13.2 Å². The average Bonchev–Trinajstić information content (AvgIpc) is 2.52. The van der Waals surface area contributed by atoms with Crippen LogP contribution >= 0.6 is 11.6 Å². The average molecular weight is 358 g/mol. The maximum absolute atomic E-state index is 12.7. The fourth-order valence-electron chi connectivity index (χ4n) is 1.92. The number of hydrogen-bond donors (Lipinski definition) is 1. The molecule has 0 saturated heterocycles. The third-order valence-corrected chi connectivity index (χ3v) is 3.31. The van der Waals surface area contributed by atoms with Gasteiger partial charge in [-0.25, -0.2) is 0 Å². The first-order valence-corrected chi connectivity index (χ1v) is 6.99. The minimum Gasteiger partial charge on any atom is -0.485 e. The standard InChI is InChI=1S/C16H11ClF3NO3/c17-11-4-5-14(12(7-11)15(21)23)24-8-13(22)9-2-1-3-10(6-9)16(18,19)20/h1-7H,8H2,(H2,21,23). The van der Waals surface area contributed by atoms with Crippen molar-refractivity contribution in [2.75, 3.05) is 6.61 Å². The molecule has 24 heavy (non-hydrogen) atoms. The predicted octanol–water partition coefficient (Wildman–Crippen LogP) is 3.72. The van der Waals surface area contributed by atoms with Crippen molar-refractivity contribution in [2.45, 2.75) is 6.18 Å². The van der Waals surface area contributed by atoms with E-state index in [1.165, 1.54) is 24.3 Å². The Bertz CT molecular complexity index is 790. The summed E-state index contributed by atoms with van der Waals surface area (Å²) in [6, 6.07) is 8.03. The molecule has 0 unspecified atom stereocenters. The first-order valence-electron chi connectivity index (χ1n) is 6.61. The van der Waals surface area contributed by atoms with Gasteiger partial charge >= 0.3 is 6.18 Å². The summed E-state index contributed by atoms with van der Waals surface area (Å²) in [6.45, 7) is -0.552. The number of ether oxygens (including phenoxy) is 1. The molecule has 0 spiro atoms. The summed E-state index contributed by atoms with van der Waals surface area (Å²) in [5, 5.41) is 0.250. The molecule has 0 radical (unpaired) electrons. The van der Waals surface area contributed by atoms with E-state index in [0.717, 1.165) is 18.2 Å². The summed E-state index contributed by atoms with van der Waals surface area (Å²) < 4.78 is 43.2. The second-order valence-corrected chi connectivity index (χ2v) is 5.23. The van der Waals surface area contributed by atoms with Gasteiger partial charge < -0.3 is 10.5 Å². The number of amides is 1. The van der Waals surface area contributed by atoms with Crippen LogP contribution in [0.25, 0.3) is 0 Å². The molecule has 1 amide bonds. The monoisotopic (exact) mass is 357 g/mol. The summed E-state index contributed by atoms with van der Waals surface area (Å²) in [7, 11) is 0. The van der Waals surface area contributed by atoms with E-state index in [-0.39, 0.29) is 21.9 Å². The van der Waals surface area contributed by atoms with E-state index >= 15 is 0 Å². The largest absolute Gasteiger partial charge is 0.485 e. The first-order chi connectivity index (χ1) is 11.2. The van der Waals surface area contributed by atoms with Crippen LogP contribution in [0.15, 0.2) is 42.5 Å². The van der Waals surface area contributed by atoms with Crippen LogP contribution in [0.1, 0.15) is 26.3 Å². The lowest BCUT2D eigenvalue weighted by molar-refractivity contribution is -0.137. The molecule has 2 N–H and O–H groups in total. The Kier molecular flexibility index (Phi) is 5.14. The van der Waals surface area contributed by atoms with Gasteiger partial charge in [0.15, 0.2) is 12.4 Å². The van der Waals surface area contributed by atoms with Crippen molar-refractivity contribution in [3.05, 3.63) is 64.2 Å². The lowest BCUT2D eigenvalue weighted by atomic mass is 10.1. The van der Waals surface area contributed by atoms with Crippen molar-refractivity contribution in [3.8, 4) is 5.75 Å². The molecule has 0 aliphatic carbocycles. The lowest BCUT2D eigenvalue weighted by Gasteiger charge is -2.11. The van der Waals surface area contributed by atoms with Crippen LogP contribution < -0.4 is 10.5 Å². The third kappa shape index (κ3) is 4.26. The summed E-state index contributed by atoms with van der Waals surface area (Å²) in [5.41, 5.74) is 4.07. The van der Waals surface area contributed by atoms with Gasteiger partial charge in [-0.05, 0) is 30.3 Å². The molecule has 126 valence electrons. The highest BCUT2D eigenvalue weighted by molar-refractivity contribution is 6.31. The van der Waals surface area contributed by atoms with Crippen LogP contribution in [0.2, 0.25) is 5.02 Å². The topological polar surface area (TPSA) is 69.4 Å². The van der Waals surface area contributed by atoms with Crippen LogP contribution in [0.3, 0.4) is 0 Å². The van der Waals surface area contributed by atoms with Gasteiger partial charge in [0.1, 0.15) is 5.75 Å². The molecule has 8 heteroatoms. The molecule has 0 aromatic heterocycles. The normalized spacial score (nSPS) is 11.2. The van der Waals surface area contributed by atoms with Crippen molar-refractivity contribution in [1.82, 2.24) is 0 Å². The van der Waals surface area contributed by atoms with Gasteiger partial charge in [-0.15, -0.1) is 0 Å². The number of rotatable bonds is 5. The molecular weight excluding hydrogens is 347 g/mol. The predicted molar refractivity (Wildman–Crippen MR) is 81.2 cm³/mol. The number of nitrogens with two attached hydrogens (primary N) is 1. The van der Waals surface area contributed by atoms with Crippen molar-refractivity contribution in [1.29, 1.82) is 0 Å². The van der Waals surface area contributed by atoms with E-state index in [2.05, 4.69) is 0 Å². The van der Waals surface area contributed by atoms with Gasteiger partial charge in [0.05, 0.1) is 11.1 Å². The maximum Gasteiger partial charge on any atom is 0.416 e. The Morgan fingerprint density at radius 2 is 1.83 bits per heavy atom. The van der Waals surface area contributed by atoms with Gasteiger partial charge in [-0.1, -0.05) is 23.7 Å². The molecule has 0 heterocycles. The molecular formula is C16H11ClF3NO3. The van der Waals surface area contributed by atoms with E-state index in [4.69, 9.17) is 22.1 Å². The Morgan fingerprint density at radius 3 is 2.46 bits per heavy atom. The van der Waals surface area contributed by atoms with Crippen LogP contribution in [-0.4, -0.2) is 18.3 Å².